The molecular weight excluding hydrogens is 262 g/mol. The van der Waals surface area contributed by atoms with Gasteiger partial charge in [-0.2, -0.15) is 0 Å². The average molecular weight is 284 g/mol. The minimum atomic E-state index is 0.00133. The van der Waals surface area contributed by atoms with Gasteiger partial charge in [0.1, 0.15) is 0 Å². The minimum Gasteiger partial charge on any atom is -0.381 e. The van der Waals surface area contributed by atoms with E-state index in [-0.39, 0.29) is 23.2 Å². The van der Waals surface area contributed by atoms with Crippen LogP contribution in [0.5, 0.6) is 0 Å². The van der Waals surface area contributed by atoms with Crippen LogP contribution in [0.15, 0.2) is 6.07 Å². The molecule has 0 radical (unpaired) electrons. The molecule has 0 N–H and O–H groups in total. The second-order valence-electron chi connectivity index (χ2n) is 6.01. The maximum Gasteiger partial charge on any atom is 0.179 e. The first-order valence-corrected chi connectivity index (χ1v) is 7.18. The van der Waals surface area contributed by atoms with Crippen LogP contribution in [0.2, 0.25) is 0 Å². The van der Waals surface area contributed by atoms with E-state index in [4.69, 9.17) is 16.3 Å². The van der Waals surface area contributed by atoms with Crippen molar-refractivity contribution < 1.29 is 9.53 Å². The molecular formula is C15H22ClNO2. The van der Waals surface area contributed by atoms with Crippen LogP contribution in [-0.2, 0) is 4.74 Å². The molecule has 1 saturated carbocycles. The maximum absolute atomic E-state index is 11.8. The zero-order chi connectivity index (χ0) is 14.4. The molecule has 2 unspecified atom stereocenters. The first-order valence-electron chi connectivity index (χ1n) is 6.65. The first kappa shape index (κ1) is 14.6. The molecule has 0 amide bonds. The van der Waals surface area contributed by atoms with Crippen LogP contribution in [0, 0.1) is 19.3 Å². The van der Waals surface area contributed by atoms with Gasteiger partial charge in [0.2, 0.25) is 0 Å². The third-order valence-electron chi connectivity index (χ3n) is 4.63. The zero-order valence-electron chi connectivity index (χ0n) is 12.3. The molecule has 0 aliphatic heterocycles. The summed E-state index contributed by atoms with van der Waals surface area (Å²) in [7, 11) is 1.76. The van der Waals surface area contributed by atoms with Gasteiger partial charge < -0.3 is 9.30 Å². The van der Waals surface area contributed by atoms with E-state index in [0.29, 0.717) is 6.04 Å². The number of carbonyl (C=O) groups is 1. The summed E-state index contributed by atoms with van der Waals surface area (Å²) in [6, 6.07) is 2.34. The molecule has 0 aromatic carbocycles. The molecule has 106 valence electrons. The van der Waals surface area contributed by atoms with Gasteiger partial charge in [-0.1, -0.05) is 13.8 Å². The Morgan fingerprint density at radius 2 is 2.16 bits per heavy atom. The molecule has 1 heterocycles. The number of hydrogen-bond donors (Lipinski definition) is 0. The highest BCUT2D eigenvalue weighted by molar-refractivity contribution is 6.30. The Morgan fingerprint density at radius 3 is 2.63 bits per heavy atom. The Morgan fingerprint density at radius 1 is 1.53 bits per heavy atom. The summed E-state index contributed by atoms with van der Waals surface area (Å²) in [5.74, 6) is 0.0421. The van der Waals surface area contributed by atoms with Gasteiger partial charge in [-0.3, -0.25) is 4.79 Å². The summed E-state index contributed by atoms with van der Waals surface area (Å²) < 4.78 is 7.78. The fraction of sp³-hybridized carbons (Fsp3) is 0.667. The number of aryl methyl sites for hydroxylation is 1. The van der Waals surface area contributed by atoms with Gasteiger partial charge >= 0.3 is 0 Å². The molecule has 0 spiro atoms. The lowest BCUT2D eigenvalue weighted by atomic mass is 9.64. The lowest BCUT2D eigenvalue weighted by Crippen LogP contribution is -2.51. The summed E-state index contributed by atoms with van der Waals surface area (Å²) in [4.78, 5) is 11.8. The fourth-order valence-corrected chi connectivity index (χ4v) is 3.46. The molecule has 1 aromatic heterocycles. The van der Waals surface area contributed by atoms with Crippen molar-refractivity contribution in [3.05, 3.63) is 23.0 Å². The molecule has 2 rings (SSSR count). The van der Waals surface area contributed by atoms with Crippen LogP contribution in [-0.4, -0.2) is 29.4 Å². The fourth-order valence-electron chi connectivity index (χ4n) is 3.31. The van der Waals surface area contributed by atoms with Crippen molar-refractivity contribution in [1.29, 1.82) is 0 Å². The normalized spacial score (nSPS) is 25.2. The van der Waals surface area contributed by atoms with Gasteiger partial charge in [-0.15, -0.1) is 11.6 Å². The molecule has 19 heavy (non-hydrogen) atoms. The molecule has 1 aromatic rings. The number of methoxy groups -OCH3 is 1. The van der Waals surface area contributed by atoms with Crippen molar-refractivity contribution in [1.82, 2.24) is 4.57 Å². The highest BCUT2D eigenvalue weighted by Gasteiger charge is 2.50. The standard InChI is InChI=1S/C15H22ClNO2/c1-9-6-11(12(18)8-16)10(2)17(9)13-7-14(19-5)15(13,3)4/h6,13-14H,7-8H2,1-5H3. The van der Waals surface area contributed by atoms with Gasteiger partial charge in [0, 0.05) is 35.5 Å². The van der Waals surface area contributed by atoms with E-state index in [2.05, 4.69) is 18.4 Å². The Hall–Kier alpha value is -0.800. The number of hydrogen-bond acceptors (Lipinski definition) is 2. The van der Waals surface area contributed by atoms with E-state index in [9.17, 15) is 4.79 Å². The van der Waals surface area contributed by atoms with Crippen molar-refractivity contribution >= 4 is 17.4 Å². The monoisotopic (exact) mass is 283 g/mol. The molecule has 1 aliphatic carbocycles. The van der Waals surface area contributed by atoms with Gasteiger partial charge in [0.05, 0.1) is 12.0 Å². The lowest BCUT2D eigenvalue weighted by molar-refractivity contribution is -0.113. The number of alkyl halides is 1. The lowest BCUT2D eigenvalue weighted by Gasteiger charge is -2.52. The number of ether oxygens (including phenoxy) is 1. The van der Waals surface area contributed by atoms with E-state index in [0.717, 1.165) is 23.4 Å². The second-order valence-corrected chi connectivity index (χ2v) is 6.28. The minimum absolute atomic E-state index is 0.00133. The summed E-state index contributed by atoms with van der Waals surface area (Å²) in [6.07, 6.45) is 1.28. The van der Waals surface area contributed by atoms with Crippen LogP contribution >= 0.6 is 11.6 Å². The van der Waals surface area contributed by atoms with E-state index < -0.39 is 0 Å². The van der Waals surface area contributed by atoms with Crippen LogP contribution in [0.3, 0.4) is 0 Å². The quantitative estimate of drug-likeness (QED) is 0.625. The predicted octanol–water partition coefficient (Wildman–Crippen LogP) is 3.51. The van der Waals surface area contributed by atoms with Gasteiger partial charge in [0.25, 0.3) is 0 Å². The Bertz CT molecular complexity index is 504. The largest absolute Gasteiger partial charge is 0.381 e. The molecule has 2 atom stereocenters. The number of Topliss-reactive ketones (excluding diaryl/α,β-unsaturated/α-hetero) is 1. The van der Waals surface area contributed by atoms with E-state index >= 15 is 0 Å². The van der Waals surface area contributed by atoms with Crippen LogP contribution in [0.4, 0.5) is 0 Å². The second kappa shape index (κ2) is 4.95. The summed E-state index contributed by atoms with van der Waals surface area (Å²) in [5.41, 5.74) is 2.99. The van der Waals surface area contributed by atoms with Gasteiger partial charge in [-0.05, 0) is 26.3 Å². The van der Waals surface area contributed by atoms with Crippen molar-refractivity contribution in [2.24, 2.45) is 5.41 Å². The molecule has 4 heteroatoms. The first-order chi connectivity index (χ1) is 8.84. The third-order valence-corrected chi connectivity index (χ3v) is 4.87. The van der Waals surface area contributed by atoms with Crippen LogP contribution < -0.4 is 0 Å². The van der Waals surface area contributed by atoms with E-state index in [1.807, 2.05) is 19.9 Å². The smallest absolute Gasteiger partial charge is 0.179 e. The predicted molar refractivity (Wildman–Crippen MR) is 77.2 cm³/mol. The van der Waals surface area contributed by atoms with Gasteiger partial charge in [-0.25, -0.2) is 0 Å². The number of rotatable bonds is 4. The Kier molecular flexibility index (Phi) is 3.80. The Labute approximate surface area is 119 Å². The van der Waals surface area contributed by atoms with E-state index in [1.54, 1.807) is 7.11 Å². The zero-order valence-corrected chi connectivity index (χ0v) is 13.0. The number of halogens is 1. The van der Waals surface area contributed by atoms with Crippen molar-refractivity contribution in [2.45, 2.75) is 46.3 Å². The van der Waals surface area contributed by atoms with Crippen molar-refractivity contribution in [3.8, 4) is 0 Å². The molecule has 1 aliphatic rings. The number of ketones is 1. The summed E-state index contributed by atoms with van der Waals surface area (Å²) in [5, 5.41) is 0. The Balaban J connectivity index is 2.38. The van der Waals surface area contributed by atoms with Crippen molar-refractivity contribution in [3.63, 3.8) is 0 Å². The number of carbonyl (C=O) groups excluding carboxylic acids is 1. The van der Waals surface area contributed by atoms with Crippen LogP contribution in [0.1, 0.15) is 48.1 Å². The SMILES string of the molecule is COC1CC(n2c(C)cc(C(=O)CCl)c2C)C1(C)C. The van der Waals surface area contributed by atoms with E-state index in [1.165, 1.54) is 0 Å². The highest BCUT2D eigenvalue weighted by Crippen LogP contribution is 2.52. The highest BCUT2D eigenvalue weighted by atomic mass is 35.5. The molecule has 0 saturated heterocycles. The average Bonchev–Trinajstić information content (AvgIpc) is 2.65. The van der Waals surface area contributed by atoms with Gasteiger partial charge in [0.15, 0.2) is 5.78 Å². The third kappa shape index (κ3) is 2.13. The maximum atomic E-state index is 11.8. The molecule has 3 nitrogen and oxygen atoms in total. The number of aromatic nitrogens is 1. The van der Waals surface area contributed by atoms with Crippen LogP contribution in [0.25, 0.3) is 0 Å². The topological polar surface area (TPSA) is 31.2 Å². The van der Waals surface area contributed by atoms with Crippen molar-refractivity contribution in [2.75, 3.05) is 13.0 Å². The summed E-state index contributed by atoms with van der Waals surface area (Å²) >= 11 is 5.67. The number of nitrogens with zero attached hydrogens (tertiary/aromatic N) is 1. The molecule has 0 bridgehead atoms. The molecule has 1 fully saturated rings. The summed E-state index contributed by atoms with van der Waals surface area (Å²) in [6.45, 7) is 8.49.